The van der Waals surface area contributed by atoms with Gasteiger partial charge >= 0.3 is 19.8 Å². The number of aliphatic hydroxyl groups excluding tert-OH is 2. The Hall–Kier alpha value is -2.33. The highest BCUT2D eigenvalue weighted by Crippen LogP contribution is 2.43. The van der Waals surface area contributed by atoms with Crippen molar-refractivity contribution >= 4 is 19.8 Å². The molecule has 3 atom stereocenters. The summed E-state index contributed by atoms with van der Waals surface area (Å²) in [5.74, 6) is -1.08. The van der Waals surface area contributed by atoms with Crippen molar-refractivity contribution in [2.75, 3.05) is 26.4 Å². The third kappa shape index (κ3) is 38.3. The Morgan fingerprint density at radius 3 is 1.24 bits per heavy atom. The van der Waals surface area contributed by atoms with Crippen LogP contribution in [0.1, 0.15) is 168 Å². The maximum Gasteiger partial charge on any atom is 0.472 e. The highest BCUT2D eigenvalue weighted by Gasteiger charge is 2.27. The maximum atomic E-state index is 12.3. The third-order valence-electron chi connectivity index (χ3n) is 8.74. The average Bonchev–Trinajstić information content (AvgIpc) is 3.17. The quantitative estimate of drug-likeness (QED) is 0.0237. The number of unbranched alkanes of at least 4 members (excludes halogenated alkanes) is 15. The Morgan fingerprint density at radius 2 is 0.855 bits per heavy atom. The van der Waals surface area contributed by atoms with Gasteiger partial charge in [-0.05, 0) is 51.4 Å². The second-order valence-electron chi connectivity index (χ2n) is 13.9. The van der Waals surface area contributed by atoms with Crippen LogP contribution in [0.3, 0.4) is 0 Å². The Labute approximate surface area is 334 Å². The first kappa shape index (κ1) is 52.7. The van der Waals surface area contributed by atoms with E-state index in [2.05, 4.69) is 62.5 Å². The summed E-state index contributed by atoms with van der Waals surface area (Å²) in [5.41, 5.74) is 0. The van der Waals surface area contributed by atoms with E-state index in [-0.39, 0.29) is 12.8 Å². The van der Waals surface area contributed by atoms with Crippen molar-refractivity contribution in [1.29, 1.82) is 0 Å². The Morgan fingerprint density at radius 1 is 0.509 bits per heavy atom. The van der Waals surface area contributed by atoms with Crippen molar-refractivity contribution in [1.82, 2.24) is 0 Å². The van der Waals surface area contributed by atoms with Gasteiger partial charge in [-0.25, -0.2) is 4.57 Å². The zero-order valence-electron chi connectivity index (χ0n) is 34.4. The number of ether oxygens (including phenoxy) is 2. The number of hydrogen-bond donors (Lipinski definition) is 3. The molecule has 0 aromatic rings. The molecule has 3 N–H and O–H groups in total. The van der Waals surface area contributed by atoms with Crippen LogP contribution in [0, 0.1) is 0 Å². The fourth-order valence-electron chi connectivity index (χ4n) is 5.50. The number of phosphoric acid groups is 1. The second kappa shape index (κ2) is 39.9. The van der Waals surface area contributed by atoms with Gasteiger partial charge < -0.3 is 24.6 Å². The van der Waals surface area contributed by atoms with E-state index in [9.17, 15) is 29.3 Å². The minimum Gasteiger partial charge on any atom is -0.457 e. The maximum absolute atomic E-state index is 12.3. The number of carbonyl (C=O) groups excluding carboxylic acids is 2. The van der Waals surface area contributed by atoms with Gasteiger partial charge in [0, 0.05) is 12.8 Å². The zero-order chi connectivity index (χ0) is 40.5. The summed E-state index contributed by atoms with van der Waals surface area (Å²) in [6, 6.07) is 0. The number of hydrogen-bond acceptors (Lipinski definition) is 9. The van der Waals surface area contributed by atoms with Crippen LogP contribution in [-0.2, 0) is 32.7 Å². The van der Waals surface area contributed by atoms with E-state index in [1.807, 2.05) is 12.2 Å². The zero-order valence-corrected chi connectivity index (χ0v) is 35.3. The monoisotopic (exact) mass is 797 g/mol. The predicted octanol–water partition coefficient (Wildman–Crippen LogP) is 11.1. The van der Waals surface area contributed by atoms with Crippen LogP contribution in [0.25, 0.3) is 0 Å². The molecule has 318 valence electrons. The van der Waals surface area contributed by atoms with Gasteiger partial charge in [-0.15, -0.1) is 0 Å². The van der Waals surface area contributed by atoms with E-state index in [0.717, 1.165) is 51.4 Å². The van der Waals surface area contributed by atoms with Crippen molar-refractivity contribution in [3.8, 4) is 0 Å². The van der Waals surface area contributed by atoms with E-state index < -0.39 is 58.4 Å². The van der Waals surface area contributed by atoms with Crippen LogP contribution >= 0.6 is 7.82 Å². The molecule has 0 spiro atoms. The molecular formula is C44H77O10P. The number of rotatable bonds is 39. The Balaban J connectivity index is 4.02. The van der Waals surface area contributed by atoms with Gasteiger partial charge in [-0.3, -0.25) is 18.6 Å². The summed E-state index contributed by atoms with van der Waals surface area (Å²) in [5, 5.41) is 19.1. The minimum atomic E-state index is -4.65. The molecule has 0 aromatic carbocycles. The van der Waals surface area contributed by atoms with Crippen molar-refractivity contribution < 1.29 is 47.8 Å². The van der Waals surface area contributed by atoms with Crippen LogP contribution < -0.4 is 0 Å². The lowest BCUT2D eigenvalue weighted by Crippen LogP contribution is -2.28. The molecule has 0 aliphatic rings. The van der Waals surface area contributed by atoms with E-state index in [0.29, 0.717) is 19.3 Å². The fourth-order valence-corrected chi connectivity index (χ4v) is 6.29. The Kier molecular flexibility index (Phi) is 38.2. The molecule has 55 heavy (non-hydrogen) atoms. The third-order valence-corrected chi connectivity index (χ3v) is 9.70. The van der Waals surface area contributed by atoms with Gasteiger partial charge in [0.15, 0.2) is 0 Å². The van der Waals surface area contributed by atoms with Crippen LogP contribution in [0.15, 0.2) is 60.8 Å². The molecule has 0 saturated heterocycles. The fraction of sp³-hybridized carbons (Fsp3) is 0.727. The number of carbonyl (C=O) groups is 2. The van der Waals surface area contributed by atoms with Crippen molar-refractivity contribution in [3.63, 3.8) is 0 Å². The van der Waals surface area contributed by atoms with Crippen LogP contribution in [0.5, 0.6) is 0 Å². The molecule has 11 heteroatoms. The number of esters is 2. The summed E-state index contributed by atoms with van der Waals surface area (Å²) in [4.78, 5) is 34.5. The molecule has 0 bridgehead atoms. The lowest BCUT2D eigenvalue weighted by atomic mass is 10.0. The largest absolute Gasteiger partial charge is 0.472 e. The van der Waals surface area contributed by atoms with Crippen molar-refractivity contribution in [2.24, 2.45) is 0 Å². The number of aliphatic hydroxyl groups is 2. The highest BCUT2D eigenvalue weighted by atomic mass is 31.2. The average molecular weight is 797 g/mol. The van der Waals surface area contributed by atoms with Crippen molar-refractivity contribution in [2.45, 2.75) is 180 Å². The van der Waals surface area contributed by atoms with E-state index in [1.54, 1.807) is 0 Å². The lowest BCUT2D eigenvalue weighted by Gasteiger charge is -2.20. The van der Waals surface area contributed by atoms with Gasteiger partial charge in [-0.1, -0.05) is 164 Å². The molecule has 0 aromatic heterocycles. The minimum absolute atomic E-state index is 0.112. The smallest absolute Gasteiger partial charge is 0.457 e. The summed E-state index contributed by atoms with van der Waals surface area (Å²) in [6.45, 7) is 2.03. The lowest BCUT2D eigenvalue weighted by molar-refractivity contribution is -0.153. The van der Waals surface area contributed by atoms with Crippen LogP contribution in [0.2, 0.25) is 0 Å². The highest BCUT2D eigenvalue weighted by molar-refractivity contribution is 7.47. The molecular weight excluding hydrogens is 719 g/mol. The molecule has 0 heterocycles. The SMILES string of the molecule is CC/C=C\C/C=C\C/C=C\C/C=C\C/C=C\CCCC(=O)OC(CO)COP(=O)(O)OCC(CO)OC(=O)CCCCCCCCCCCCCCCCC. The molecule has 0 fully saturated rings. The van der Waals surface area contributed by atoms with E-state index >= 15 is 0 Å². The van der Waals surface area contributed by atoms with Gasteiger partial charge in [-0.2, -0.15) is 0 Å². The summed E-state index contributed by atoms with van der Waals surface area (Å²) < 4.78 is 32.5. The molecule has 0 radical (unpaired) electrons. The molecule has 0 rings (SSSR count). The van der Waals surface area contributed by atoms with E-state index in [1.165, 1.54) is 70.6 Å². The van der Waals surface area contributed by atoms with Crippen LogP contribution in [-0.4, -0.2) is 65.7 Å². The standard InChI is InChI=1S/C44H77O10P/c1-3-5-7-9-11-13-15-17-19-20-22-24-26-28-30-32-34-36-44(48)54-42(38-46)40-52-55(49,50)51-39-41(37-45)53-43(47)35-33-31-29-27-25-23-21-18-16-14-12-10-8-6-4-2/h5,7,11,13,17,19,22,24,28,30,41-42,45-46H,3-4,6,8-10,12,14-16,18,20-21,23,25-27,29,31-40H2,1-2H3,(H,49,50)/b7-5-,13-11-,19-17-,24-22-,30-28-. The molecule has 0 amide bonds. The van der Waals surface area contributed by atoms with Gasteiger partial charge in [0.05, 0.1) is 26.4 Å². The molecule has 0 aliphatic carbocycles. The van der Waals surface area contributed by atoms with Crippen LogP contribution in [0.4, 0.5) is 0 Å². The predicted molar refractivity (Wildman–Crippen MR) is 224 cm³/mol. The second-order valence-corrected chi connectivity index (χ2v) is 15.4. The molecule has 3 unspecified atom stereocenters. The van der Waals surface area contributed by atoms with Gasteiger partial charge in [0.2, 0.25) is 0 Å². The Bertz CT molecular complexity index is 1100. The summed E-state index contributed by atoms with van der Waals surface area (Å²) in [7, 11) is -4.65. The first-order valence-corrected chi connectivity index (χ1v) is 22.7. The van der Waals surface area contributed by atoms with Crippen molar-refractivity contribution in [3.05, 3.63) is 60.8 Å². The van der Waals surface area contributed by atoms with Gasteiger partial charge in [0.1, 0.15) is 12.2 Å². The van der Waals surface area contributed by atoms with E-state index in [4.69, 9.17) is 18.5 Å². The first-order chi connectivity index (χ1) is 26.8. The molecule has 0 saturated carbocycles. The number of allylic oxidation sites excluding steroid dienone is 10. The molecule has 10 nitrogen and oxygen atoms in total. The summed E-state index contributed by atoms with van der Waals surface area (Å²) >= 11 is 0. The first-order valence-electron chi connectivity index (χ1n) is 21.2. The topological polar surface area (TPSA) is 149 Å². The summed E-state index contributed by atoms with van der Waals surface area (Å²) in [6.07, 6.45) is 43.4. The normalized spacial score (nSPS) is 14.5. The number of phosphoric ester groups is 1. The van der Waals surface area contributed by atoms with Gasteiger partial charge in [0.25, 0.3) is 0 Å². The molecule has 0 aliphatic heterocycles.